The van der Waals surface area contributed by atoms with Gasteiger partial charge in [-0.3, -0.25) is 18.6 Å². The van der Waals surface area contributed by atoms with Gasteiger partial charge in [-0.1, -0.05) is 194 Å². The van der Waals surface area contributed by atoms with E-state index in [9.17, 15) is 24.2 Å². The zero-order valence-electron chi connectivity index (χ0n) is 34.3. The number of aliphatic hydroxyl groups excluding tert-OH is 2. The van der Waals surface area contributed by atoms with E-state index in [4.69, 9.17) is 19.1 Å². The van der Waals surface area contributed by atoms with Crippen LogP contribution < -0.4 is 0 Å². The Kier molecular flexibility index (Phi) is 38.5. The third-order valence-electron chi connectivity index (χ3n) is 9.76. The fourth-order valence-corrected chi connectivity index (χ4v) is 7.14. The minimum Gasteiger partial charge on any atom is -0.462 e. The van der Waals surface area contributed by atoms with E-state index in [0.717, 1.165) is 32.1 Å². The molecule has 0 aliphatic rings. The van der Waals surface area contributed by atoms with Gasteiger partial charge in [-0.2, -0.15) is 0 Å². The van der Waals surface area contributed by atoms with Gasteiger partial charge in [0, 0.05) is 12.8 Å². The van der Waals surface area contributed by atoms with E-state index in [0.29, 0.717) is 12.8 Å². The summed E-state index contributed by atoms with van der Waals surface area (Å²) < 4.78 is 32.7. The van der Waals surface area contributed by atoms with Gasteiger partial charge in [0.2, 0.25) is 0 Å². The van der Waals surface area contributed by atoms with Gasteiger partial charge in [0.1, 0.15) is 12.7 Å². The second-order valence-electron chi connectivity index (χ2n) is 15.1. The standard InChI is InChI=1S/C42H83O10P/c1-3-5-7-9-11-13-15-17-18-19-20-21-22-24-25-27-29-31-33-41(45)49-37-40(38-51-53(47,48)50-36-39(44)35-43)52-42(46)34-32-30-28-26-23-16-14-12-10-8-6-4-2/h39-40,43-44H,3-38H2,1-2H3,(H,47,48)/t39-,40+/m1/s1. The number of phosphoric acid groups is 1. The molecule has 0 heterocycles. The van der Waals surface area contributed by atoms with Crippen molar-refractivity contribution >= 4 is 19.8 Å². The topological polar surface area (TPSA) is 149 Å². The first-order valence-electron chi connectivity index (χ1n) is 22.0. The molecular formula is C42H83O10P. The van der Waals surface area contributed by atoms with Crippen molar-refractivity contribution in [3.05, 3.63) is 0 Å². The molecule has 0 rings (SSSR count). The molecule has 0 amide bonds. The number of hydrogen-bond donors (Lipinski definition) is 3. The van der Waals surface area contributed by atoms with Crippen molar-refractivity contribution < 1.29 is 47.8 Å². The van der Waals surface area contributed by atoms with E-state index >= 15 is 0 Å². The van der Waals surface area contributed by atoms with Crippen molar-refractivity contribution in [1.29, 1.82) is 0 Å². The van der Waals surface area contributed by atoms with Crippen LogP contribution in [-0.2, 0) is 32.7 Å². The number of unbranched alkanes of at least 4 members (excludes halogenated alkanes) is 28. The molecule has 0 aromatic heterocycles. The fourth-order valence-electron chi connectivity index (χ4n) is 6.35. The molecule has 316 valence electrons. The summed E-state index contributed by atoms with van der Waals surface area (Å²) in [5.41, 5.74) is 0. The van der Waals surface area contributed by atoms with Crippen molar-refractivity contribution in [1.82, 2.24) is 0 Å². The van der Waals surface area contributed by atoms with Gasteiger partial charge in [0.15, 0.2) is 6.10 Å². The van der Waals surface area contributed by atoms with E-state index in [2.05, 4.69) is 18.4 Å². The zero-order chi connectivity index (χ0) is 39.1. The summed E-state index contributed by atoms with van der Waals surface area (Å²) >= 11 is 0. The fraction of sp³-hybridized carbons (Fsp3) is 0.952. The predicted molar refractivity (Wildman–Crippen MR) is 215 cm³/mol. The summed E-state index contributed by atoms with van der Waals surface area (Å²) in [7, 11) is -4.61. The first-order valence-corrected chi connectivity index (χ1v) is 23.5. The molecule has 10 nitrogen and oxygen atoms in total. The van der Waals surface area contributed by atoms with E-state index < -0.39 is 51.8 Å². The van der Waals surface area contributed by atoms with Crippen LogP contribution in [0, 0.1) is 0 Å². The molecule has 3 atom stereocenters. The summed E-state index contributed by atoms with van der Waals surface area (Å²) in [6.45, 7) is 2.41. The first kappa shape index (κ1) is 52.0. The van der Waals surface area contributed by atoms with Crippen LogP contribution in [0.4, 0.5) is 0 Å². The van der Waals surface area contributed by atoms with Crippen LogP contribution in [0.2, 0.25) is 0 Å². The average Bonchev–Trinajstić information content (AvgIpc) is 3.14. The summed E-state index contributed by atoms with van der Waals surface area (Å²) in [6, 6.07) is 0. The Bertz CT molecular complexity index is 858. The largest absolute Gasteiger partial charge is 0.472 e. The van der Waals surface area contributed by atoms with Crippen LogP contribution in [0.25, 0.3) is 0 Å². The van der Waals surface area contributed by atoms with Crippen molar-refractivity contribution in [2.75, 3.05) is 26.4 Å². The van der Waals surface area contributed by atoms with Gasteiger partial charge in [0.05, 0.1) is 19.8 Å². The number of rotatable bonds is 42. The maximum Gasteiger partial charge on any atom is 0.472 e. The Hall–Kier alpha value is -1.03. The quantitative estimate of drug-likeness (QED) is 0.0310. The highest BCUT2D eigenvalue weighted by Gasteiger charge is 2.27. The Morgan fingerprint density at radius 1 is 0.491 bits per heavy atom. The molecule has 11 heteroatoms. The van der Waals surface area contributed by atoms with Crippen molar-refractivity contribution in [3.8, 4) is 0 Å². The number of aliphatic hydroxyl groups is 2. The highest BCUT2D eigenvalue weighted by Crippen LogP contribution is 2.43. The van der Waals surface area contributed by atoms with Crippen molar-refractivity contribution in [2.24, 2.45) is 0 Å². The lowest BCUT2D eigenvalue weighted by Gasteiger charge is -2.20. The molecule has 0 aromatic carbocycles. The number of hydrogen-bond acceptors (Lipinski definition) is 9. The van der Waals surface area contributed by atoms with Crippen LogP contribution in [0.1, 0.15) is 219 Å². The monoisotopic (exact) mass is 779 g/mol. The first-order chi connectivity index (χ1) is 25.7. The van der Waals surface area contributed by atoms with E-state index in [1.54, 1.807) is 0 Å². The normalized spacial score (nSPS) is 13.8. The summed E-state index contributed by atoms with van der Waals surface area (Å²) in [4.78, 5) is 34.9. The molecule has 0 aromatic rings. The maximum absolute atomic E-state index is 12.6. The van der Waals surface area contributed by atoms with Crippen LogP contribution in [0.15, 0.2) is 0 Å². The number of ether oxygens (including phenoxy) is 2. The van der Waals surface area contributed by atoms with Gasteiger partial charge in [-0.15, -0.1) is 0 Å². The average molecular weight is 779 g/mol. The van der Waals surface area contributed by atoms with Crippen molar-refractivity contribution in [3.63, 3.8) is 0 Å². The van der Waals surface area contributed by atoms with Gasteiger partial charge < -0.3 is 24.6 Å². The molecular weight excluding hydrogens is 695 g/mol. The maximum atomic E-state index is 12.6. The smallest absolute Gasteiger partial charge is 0.462 e. The Labute approximate surface area is 324 Å². The Balaban J connectivity index is 4.20. The van der Waals surface area contributed by atoms with Gasteiger partial charge >= 0.3 is 19.8 Å². The lowest BCUT2D eigenvalue weighted by molar-refractivity contribution is -0.161. The van der Waals surface area contributed by atoms with Crippen LogP contribution in [0.3, 0.4) is 0 Å². The van der Waals surface area contributed by atoms with Crippen molar-refractivity contribution in [2.45, 2.75) is 232 Å². The van der Waals surface area contributed by atoms with E-state index in [-0.39, 0.29) is 19.4 Å². The number of carbonyl (C=O) groups excluding carboxylic acids is 2. The van der Waals surface area contributed by atoms with Crippen LogP contribution >= 0.6 is 7.82 Å². The van der Waals surface area contributed by atoms with Gasteiger partial charge in [0.25, 0.3) is 0 Å². The third kappa shape index (κ3) is 39.0. The highest BCUT2D eigenvalue weighted by atomic mass is 31.2. The Morgan fingerprint density at radius 3 is 1.17 bits per heavy atom. The molecule has 3 N–H and O–H groups in total. The molecule has 0 aliphatic heterocycles. The van der Waals surface area contributed by atoms with Gasteiger partial charge in [-0.25, -0.2) is 4.57 Å². The van der Waals surface area contributed by atoms with Crippen LogP contribution in [-0.4, -0.2) is 65.7 Å². The second-order valence-corrected chi connectivity index (χ2v) is 16.5. The summed E-state index contributed by atoms with van der Waals surface area (Å²) in [5.74, 6) is -0.910. The molecule has 0 saturated heterocycles. The third-order valence-corrected chi connectivity index (χ3v) is 10.7. The number of phosphoric ester groups is 1. The number of carbonyl (C=O) groups is 2. The lowest BCUT2D eigenvalue weighted by atomic mass is 10.0. The predicted octanol–water partition coefficient (Wildman–Crippen LogP) is 11.5. The molecule has 0 bridgehead atoms. The van der Waals surface area contributed by atoms with E-state index in [1.165, 1.54) is 148 Å². The summed E-state index contributed by atoms with van der Waals surface area (Å²) in [6.07, 6.45) is 35.0. The molecule has 0 aliphatic carbocycles. The summed E-state index contributed by atoms with van der Waals surface area (Å²) in [5, 5.41) is 18.3. The zero-order valence-corrected chi connectivity index (χ0v) is 35.2. The Morgan fingerprint density at radius 2 is 0.811 bits per heavy atom. The molecule has 0 spiro atoms. The second kappa shape index (κ2) is 39.2. The molecule has 0 saturated carbocycles. The minimum atomic E-state index is -4.61. The minimum absolute atomic E-state index is 0.192. The number of esters is 2. The SMILES string of the molecule is CCCCCCCCCCCCCCCCCCCCC(=O)OC[C@@H](COP(=O)(O)OC[C@H](O)CO)OC(=O)CCCCCCCCCCCCCC. The molecule has 0 radical (unpaired) electrons. The molecule has 53 heavy (non-hydrogen) atoms. The van der Waals surface area contributed by atoms with E-state index in [1.807, 2.05) is 0 Å². The molecule has 0 fully saturated rings. The lowest BCUT2D eigenvalue weighted by Crippen LogP contribution is -2.29. The van der Waals surface area contributed by atoms with Crippen LogP contribution in [0.5, 0.6) is 0 Å². The highest BCUT2D eigenvalue weighted by molar-refractivity contribution is 7.47. The van der Waals surface area contributed by atoms with Gasteiger partial charge in [-0.05, 0) is 12.8 Å². The molecule has 1 unspecified atom stereocenters.